The van der Waals surface area contributed by atoms with Crippen LogP contribution >= 0.6 is 0 Å². The van der Waals surface area contributed by atoms with Gasteiger partial charge in [0.2, 0.25) is 5.76 Å². The van der Waals surface area contributed by atoms with Gasteiger partial charge in [0, 0.05) is 12.6 Å². The topological polar surface area (TPSA) is 59.8 Å². The number of benzene rings is 1. The molecule has 0 amide bonds. The van der Waals surface area contributed by atoms with Gasteiger partial charge in [-0.2, -0.15) is 0 Å². The van der Waals surface area contributed by atoms with Crippen molar-refractivity contribution >= 4 is 16.9 Å². The molecule has 0 spiro atoms. The predicted octanol–water partition coefficient (Wildman–Crippen LogP) is 1.82. The number of fused-ring (bicyclic) bond motifs is 1. The van der Waals surface area contributed by atoms with Gasteiger partial charge in [-0.15, -0.1) is 0 Å². The molecule has 2 rings (SSSR count). The van der Waals surface area contributed by atoms with Crippen molar-refractivity contribution in [1.82, 2.24) is 4.90 Å². The molecule has 0 aliphatic carbocycles. The van der Waals surface area contributed by atoms with Gasteiger partial charge in [0.15, 0.2) is 5.43 Å². The van der Waals surface area contributed by atoms with Gasteiger partial charge >= 0.3 is 5.97 Å². The third-order valence-corrected chi connectivity index (χ3v) is 2.86. The Hall–Kier alpha value is -2.14. The van der Waals surface area contributed by atoms with Crippen LogP contribution in [0.2, 0.25) is 0 Å². The number of ether oxygens (including phenoxy) is 1. The molecule has 0 radical (unpaired) electrons. The number of hydrogen-bond donors (Lipinski definition) is 0. The van der Waals surface area contributed by atoms with Crippen LogP contribution in [0.4, 0.5) is 0 Å². The van der Waals surface area contributed by atoms with Crippen LogP contribution in [0, 0.1) is 6.92 Å². The Balaban J connectivity index is 2.25. The molecule has 5 heteroatoms. The van der Waals surface area contributed by atoms with Gasteiger partial charge in [0.25, 0.3) is 0 Å². The first-order valence-electron chi connectivity index (χ1n) is 6.34. The van der Waals surface area contributed by atoms with E-state index in [-0.39, 0.29) is 17.8 Å². The van der Waals surface area contributed by atoms with Gasteiger partial charge in [-0.3, -0.25) is 4.79 Å². The minimum atomic E-state index is -0.619. The fourth-order valence-electron chi connectivity index (χ4n) is 1.76. The Morgan fingerprint density at radius 2 is 2.05 bits per heavy atom. The molecule has 2 aromatic rings. The van der Waals surface area contributed by atoms with Gasteiger partial charge in [-0.1, -0.05) is 11.6 Å². The van der Waals surface area contributed by atoms with Crippen LogP contribution in [-0.4, -0.2) is 38.1 Å². The number of carbonyl (C=O) groups is 1. The molecule has 0 saturated carbocycles. The van der Waals surface area contributed by atoms with E-state index in [1.165, 1.54) is 6.07 Å². The zero-order chi connectivity index (χ0) is 14.7. The van der Waals surface area contributed by atoms with Crippen LogP contribution in [0.1, 0.15) is 16.1 Å². The van der Waals surface area contributed by atoms with E-state index >= 15 is 0 Å². The molecule has 0 aliphatic heterocycles. The minimum Gasteiger partial charge on any atom is -0.458 e. The highest BCUT2D eigenvalue weighted by Crippen LogP contribution is 2.14. The molecule has 0 fully saturated rings. The largest absolute Gasteiger partial charge is 0.458 e. The Morgan fingerprint density at radius 1 is 1.30 bits per heavy atom. The van der Waals surface area contributed by atoms with Gasteiger partial charge in [-0.05, 0) is 33.2 Å². The lowest BCUT2D eigenvalue weighted by Gasteiger charge is -2.09. The monoisotopic (exact) mass is 275 g/mol. The maximum atomic E-state index is 12.0. The summed E-state index contributed by atoms with van der Waals surface area (Å²) in [5, 5.41) is 0.467. The summed E-state index contributed by atoms with van der Waals surface area (Å²) in [6.07, 6.45) is 0. The lowest BCUT2D eigenvalue weighted by atomic mass is 10.1. The van der Waals surface area contributed by atoms with E-state index in [0.29, 0.717) is 17.5 Å². The molecule has 1 aromatic carbocycles. The van der Waals surface area contributed by atoms with Crippen molar-refractivity contribution in [3.63, 3.8) is 0 Å². The van der Waals surface area contributed by atoms with Crippen molar-refractivity contribution in [2.75, 3.05) is 27.2 Å². The van der Waals surface area contributed by atoms with E-state index in [1.807, 2.05) is 32.0 Å². The smallest absolute Gasteiger partial charge is 0.374 e. The number of hydrogen-bond acceptors (Lipinski definition) is 5. The van der Waals surface area contributed by atoms with E-state index < -0.39 is 5.97 Å². The van der Waals surface area contributed by atoms with Crippen LogP contribution < -0.4 is 5.43 Å². The number of nitrogens with zero attached hydrogens (tertiary/aromatic N) is 1. The molecule has 0 N–H and O–H groups in total. The molecule has 0 unspecified atom stereocenters. The maximum absolute atomic E-state index is 12.0. The predicted molar refractivity (Wildman–Crippen MR) is 76.1 cm³/mol. The average molecular weight is 275 g/mol. The van der Waals surface area contributed by atoms with Gasteiger partial charge in [-0.25, -0.2) is 4.79 Å². The van der Waals surface area contributed by atoms with E-state index in [9.17, 15) is 9.59 Å². The zero-order valence-electron chi connectivity index (χ0n) is 11.8. The molecule has 106 valence electrons. The number of esters is 1. The molecule has 1 aromatic heterocycles. The molecular weight excluding hydrogens is 258 g/mol. The first-order valence-corrected chi connectivity index (χ1v) is 6.34. The second-order valence-corrected chi connectivity index (χ2v) is 4.91. The van der Waals surface area contributed by atoms with Crippen molar-refractivity contribution in [2.45, 2.75) is 6.92 Å². The summed E-state index contributed by atoms with van der Waals surface area (Å²) < 4.78 is 10.5. The Labute approximate surface area is 116 Å². The molecule has 0 atom stereocenters. The van der Waals surface area contributed by atoms with Crippen molar-refractivity contribution in [2.24, 2.45) is 0 Å². The molecular formula is C15H17NO4. The lowest BCUT2D eigenvalue weighted by Crippen LogP contribution is -2.20. The third kappa shape index (κ3) is 3.24. The minimum absolute atomic E-state index is 0.0647. The van der Waals surface area contributed by atoms with Gasteiger partial charge < -0.3 is 14.1 Å². The van der Waals surface area contributed by atoms with Crippen molar-refractivity contribution in [1.29, 1.82) is 0 Å². The van der Waals surface area contributed by atoms with Crippen LogP contribution in [-0.2, 0) is 4.74 Å². The summed E-state index contributed by atoms with van der Waals surface area (Å²) in [5.74, 6) is -0.684. The summed E-state index contributed by atoms with van der Waals surface area (Å²) in [5.41, 5.74) is 1.11. The Bertz CT molecular complexity index is 688. The Kier molecular flexibility index (Phi) is 4.20. The van der Waals surface area contributed by atoms with Gasteiger partial charge in [0.05, 0.1) is 5.39 Å². The highest BCUT2D eigenvalue weighted by atomic mass is 16.5. The highest BCUT2D eigenvalue weighted by molar-refractivity contribution is 5.89. The molecule has 20 heavy (non-hydrogen) atoms. The normalized spacial score (nSPS) is 11.0. The SMILES string of the molecule is Cc1ccc2oc(C(=O)OCCN(C)C)cc(=O)c2c1. The summed E-state index contributed by atoms with van der Waals surface area (Å²) in [6.45, 7) is 2.76. The van der Waals surface area contributed by atoms with E-state index in [1.54, 1.807) is 12.1 Å². The first kappa shape index (κ1) is 14.3. The van der Waals surface area contributed by atoms with Crippen LogP contribution in [0.3, 0.4) is 0 Å². The quantitative estimate of drug-likeness (QED) is 0.797. The number of likely N-dealkylation sites (N-methyl/N-ethyl adjacent to an activating group) is 1. The van der Waals surface area contributed by atoms with Crippen LogP contribution in [0.25, 0.3) is 11.0 Å². The summed E-state index contributed by atoms with van der Waals surface area (Å²) in [4.78, 5) is 25.7. The summed E-state index contributed by atoms with van der Waals surface area (Å²) in [6, 6.07) is 6.43. The highest BCUT2D eigenvalue weighted by Gasteiger charge is 2.13. The standard InChI is InChI=1S/C15H17NO4/c1-10-4-5-13-11(8-10)12(17)9-14(20-13)15(18)19-7-6-16(2)3/h4-5,8-9H,6-7H2,1-3H3. The average Bonchev–Trinajstić information content (AvgIpc) is 2.38. The lowest BCUT2D eigenvalue weighted by molar-refractivity contribution is 0.0446. The van der Waals surface area contributed by atoms with Crippen LogP contribution in [0.5, 0.6) is 0 Å². The van der Waals surface area contributed by atoms with Crippen molar-refractivity contribution in [3.05, 3.63) is 45.8 Å². The second-order valence-electron chi connectivity index (χ2n) is 4.91. The van der Waals surface area contributed by atoms with Crippen molar-refractivity contribution in [3.8, 4) is 0 Å². The fraction of sp³-hybridized carbons (Fsp3) is 0.333. The number of aryl methyl sites for hydroxylation is 1. The van der Waals surface area contributed by atoms with E-state index in [2.05, 4.69) is 0 Å². The maximum Gasteiger partial charge on any atom is 0.374 e. The fourth-order valence-corrected chi connectivity index (χ4v) is 1.76. The molecule has 0 aliphatic rings. The van der Waals surface area contributed by atoms with Crippen molar-refractivity contribution < 1.29 is 13.9 Å². The van der Waals surface area contributed by atoms with E-state index in [0.717, 1.165) is 5.56 Å². The van der Waals surface area contributed by atoms with Gasteiger partial charge in [0.1, 0.15) is 12.2 Å². The third-order valence-electron chi connectivity index (χ3n) is 2.86. The summed E-state index contributed by atoms with van der Waals surface area (Å²) in [7, 11) is 3.76. The van der Waals surface area contributed by atoms with Crippen LogP contribution in [0.15, 0.2) is 33.5 Å². The Morgan fingerprint density at radius 3 is 2.75 bits per heavy atom. The zero-order valence-corrected chi connectivity index (χ0v) is 11.8. The second kappa shape index (κ2) is 5.88. The molecule has 0 saturated heterocycles. The summed E-state index contributed by atoms with van der Waals surface area (Å²) >= 11 is 0. The van der Waals surface area contributed by atoms with E-state index in [4.69, 9.17) is 9.15 Å². The molecule has 5 nitrogen and oxygen atoms in total. The molecule has 0 bridgehead atoms. The number of carbonyl (C=O) groups excluding carboxylic acids is 1. The first-order chi connectivity index (χ1) is 9.47. The molecule has 1 heterocycles. The number of rotatable bonds is 4.